The Morgan fingerprint density at radius 3 is 2.79 bits per heavy atom. The third-order valence-electron chi connectivity index (χ3n) is 1.70. The second-order valence-electron chi connectivity index (χ2n) is 2.63. The van der Waals surface area contributed by atoms with Crippen LogP contribution >= 0.6 is 0 Å². The van der Waals surface area contributed by atoms with Gasteiger partial charge in [0.1, 0.15) is 11.6 Å². The second-order valence-corrected chi connectivity index (χ2v) is 2.63. The zero-order chi connectivity index (χ0) is 10.7. The molecule has 1 rings (SSSR count). The molecule has 0 aliphatic heterocycles. The number of aliphatic hydroxyl groups is 1. The highest BCUT2D eigenvalue weighted by molar-refractivity contribution is 5.76. The highest BCUT2D eigenvalue weighted by Crippen LogP contribution is 2.22. The molecule has 1 atom stereocenters. The van der Waals surface area contributed by atoms with Gasteiger partial charge in [0.05, 0.1) is 7.11 Å². The average Bonchev–Trinajstić information content (AvgIpc) is 2.19. The molecule has 0 amide bonds. The number of ether oxygens (including phenoxy) is 1. The van der Waals surface area contributed by atoms with Crippen LogP contribution in [0, 0.1) is 5.82 Å². The molecule has 14 heavy (non-hydrogen) atoms. The molecule has 0 radical (unpaired) electrons. The first kappa shape index (κ1) is 10.5. The van der Waals surface area contributed by atoms with Crippen molar-refractivity contribution in [2.45, 2.75) is 6.10 Å². The van der Waals surface area contributed by atoms with E-state index in [0.717, 1.165) is 25.3 Å². The SMILES string of the molecule is COC(=O)C(O)c1cc(O)ccc1F. The van der Waals surface area contributed by atoms with Crippen LogP contribution in [0.4, 0.5) is 4.39 Å². The van der Waals surface area contributed by atoms with Crippen molar-refractivity contribution in [2.24, 2.45) is 0 Å². The van der Waals surface area contributed by atoms with Crippen molar-refractivity contribution in [1.82, 2.24) is 0 Å². The highest BCUT2D eigenvalue weighted by atomic mass is 19.1. The van der Waals surface area contributed by atoms with Gasteiger partial charge in [-0.25, -0.2) is 9.18 Å². The van der Waals surface area contributed by atoms with E-state index in [1.165, 1.54) is 0 Å². The predicted molar refractivity (Wildman–Crippen MR) is 45.0 cm³/mol. The number of phenols is 1. The lowest BCUT2D eigenvalue weighted by molar-refractivity contribution is -0.150. The van der Waals surface area contributed by atoms with Gasteiger partial charge >= 0.3 is 5.97 Å². The zero-order valence-electron chi connectivity index (χ0n) is 7.40. The number of rotatable bonds is 2. The Hall–Kier alpha value is -1.62. The van der Waals surface area contributed by atoms with Gasteiger partial charge < -0.3 is 14.9 Å². The maximum Gasteiger partial charge on any atom is 0.339 e. The maximum absolute atomic E-state index is 13.0. The molecule has 0 spiro atoms. The van der Waals surface area contributed by atoms with E-state index in [2.05, 4.69) is 4.74 Å². The monoisotopic (exact) mass is 200 g/mol. The van der Waals surface area contributed by atoms with Crippen LogP contribution in [0.1, 0.15) is 11.7 Å². The number of aromatic hydroxyl groups is 1. The number of carbonyl (C=O) groups is 1. The Labute approximate surface area is 79.6 Å². The van der Waals surface area contributed by atoms with Gasteiger partial charge in [0.15, 0.2) is 6.10 Å². The number of carbonyl (C=O) groups excluding carboxylic acids is 1. The summed E-state index contributed by atoms with van der Waals surface area (Å²) in [6, 6.07) is 3.04. The lowest BCUT2D eigenvalue weighted by atomic mass is 10.1. The number of phenolic OH excluding ortho intramolecular Hbond substituents is 1. The Morgan fingerprint density at radius 1 is 1.57 bits per heavy atom. The minimum Gasteiger partial charge on any atom is -0.508 e. The maximum atomic E-state index is 13.0. The van der Waals surface area contributed by atoms with Crippen LogP contribution in [0.5, 0.6) is 5.75 Å². The van der Waals surface area contributed by atoms with E-state index in [-0.39, 0.29) is 11.3 Å². The molecule has 0 saturated heterocycles. The highest BCUT2D eigenvalue weighted by Gasteiger charge is 2.21. The molecule has 0 bridgehead atoms. The van der Waals surface area contributed by atoms with E-state index >= 15 is 0 Å². The Morgan fingerprint density at radius 2 is 2.21 bits per heavy atom. The molecule has 76 valence electrons. The van der Waals surface area contributed by atoms with E-state index in [0.29, 0.717) is 0 Å². The molecule has 4 nitrogen and oxygen atoms in total. The summed E-state index contributed by atoms with van der Waals surface area (Å²) in [7, 11) is 1.08. The van der Waals surface area contributed by atoms with Crippen molar-refractivity contribution < 1.29 is 24.1 Å². The number of methoxy groups -OCH3 is 1. The molecule has 0 saturated carbocycles. The summed E-state index contributed by atoms with van der Waals surface area (Å²) in [5, 5.41) is 18.3. The largest absolute Gasteiger partial charge is 0.508 e. The molecule has 1 aromatic rings. The van der Waals surface area contributed by atoms with Gasteiger partial charge in [-0.05, 0) is 18.2 Å². The Bertz CT molecular complexity index is 351. The number of benzene rings is 1. The third kappa shape index (κ3) is 2.00. The number of hydrogen-bond donors (Lipinski definition) is 2. The summed E-state index contributed by atoms with van der Waals surface area (Å²) in [6.45, 7) is 0. The van der Waals surface area contributed by atoms with Gasteiger partial charge in [0, 0.05) is 5.56 Å². The predicted octanol–water partition coefficient (Wildman–Crippen LogP) is 0.738. The van der Waals surface area contributed by atoms with Crippen molar-refractivity contribution in [2.75, 3.05) is 7.11 Å². The van der Waals surface area contributed by atoms with Crippen molar-refractivity contribution in [3.8, 4) is 5.75 Å². The van der Waals surface area contributed by atoms with Crippen LogP contribution in [-0.4, -0.2) is 23.3 Å². The average molecular weight is 200 g/mol. The normalized spacial score (nSPS) is 12.2. The minimum absolute atomic E-state index is 0.232. The van der Waals surface area contributed by atoms with Gasteiger partial charge in [0.2, 0.25) is 0 Å². The first-order valence-corrected chi connectivity index (χ1v) is 3.80. The van der Waals surface area contributed by atoms with Crippen LogP contribution in [0.3, 0.4) is 0 Å². The Kier molecular flexibility index (Phi) is 3.03. The van der Waals surface area contributed by atoms with Crippen molar-refractivity contribution in [1.29, 1.82) is 0 Å². The Balaban J connectivity index is 3.05. The third-order valence-corrected chi connectivity index (χ3v) is 1.70. The molecule has 0 aliphatic carbocycles. The van der Waals surface area contributed by atoms with Crippen LogP contribution in [-0.2, 0) is 9.53 Å². The molecule has 0 heterocycles. The number of esters is 1. The van der Waals surface area contributed by atoms with E-state index < -0.39 is 17.9 Å². The molecule has 0 aromatic heterocycles. The first-order valence-electron chi connectivity index (χ1n) is 3.80. The topological polar surface area (TPSA) is 66.8 Å². The molecule has 2 N–H and O–H groups in total. The summed E-state index contributed by atoms with van der Waals surface area (Å²) in [5.74, 6) is -1.99. The van der Waals surface area contributed by atoms with E-state index in [1.807, 2.05) is 0 Å². The fraction of sp³-hybridized carbons (Fsp3) is 0.222. The second kappa shape index (κ2) is 4.06. The summed E-state index contributed by atoms with van der Waals surface area (Å²) < 4.78 is 17.3. The van der Waals surface area contributed by atoms with Gasteiger partial charge in [-0.3, -0.25) is 0 Å². The minimum atomic E-state index is -1.72. The van der Waals surface area contributed by atoms with Crippen molar-refractivity contribution in [3.63, 3.8) is 0 Å². The summed E-state index contributed by atoms with van der Waals surface area (Å²) in [4.78, 5) is 10.9. The molecular formula is C9H9FO4. The summed E-state index contributed by atoms with van der Waals surface area (Å²) in [5.41, 5.74) is -0.308. The molecular weight excluding hydrogens is 191 g/mol. The van der Waals surface area contributed by atoms with Crippen LogP contribution < -0.4 is 0 Å². The standard InChI is InChI=1S/C9H9FO4/c1-14-9(13)8(12)6-4-5(11)2-3-7(6)10/h2-4,8,11-12H,1H3. The van der Waals surface area contributed by atoms with E-state index in [4.69, 9.17) is 5.11 Å². The quantitative estimate of drug-likeness (QED) is 0.691. The first-order chi connectivity index (χ1) is 6.56. The molecule has 0 aliphatic rings. The lowest BCUT2D eigenvalue weighted by Gasteiger charge is -2.09. The molecule has 1 unspecified atom stereocenters. The molecule has 0 fully saturated rings. The van der Waals surface area contributed by atoms with Crippen molar-refractivity contribution >= 4 is 5.97 Å². The zero-order valence-corrected chi connectivity index (χ0v) is 7.40. The van der Waals surface area contributed by atoms with E-state index in [9.17, 15) is 14.3 Å². The lowest BCUT2D eigenvalue weighted by Crippen LogP contribution is -2.14. The van der Waals surface area contributed by atoms with Gasteiger partial charge in [-0.15, -0.1) is 0 Å². The smallest absolute Gasteiger partial charge is 0.339 e. The van der Waals surface area contributed by atoms with Gasteiger partial charge in [0.25, 0.3) is 0 Å². The molecule has 1 aromatic carbocycles. The van der Waals surface area contributed by atoms with Crippen LogP contribution in [0.25, 0.3) is 0 Å². The summed E-state index contributed by atoms with van der Waals surface area (Å²) in [6.07, 6.45) is -1.72. The van der Waals surface area contributed by atoms with Gasteiger partial charge in [-0.1, -0.05) is 0 Å². The van der Waals surface area contributed by atoms with Gasteiger partial charge in [-0.2, -0.15) is 0 Å². The fourth-order valence-electron chi connectivity index (χ4n) is 0.979. The number of halogens is 1. The van der Waals surface area contributed by atoms with E-state index in [1.54, 1.807) is 0 Å². The number of aliphatic hydroxyl groups excluding tert-OH is 1. The fourth-order valence-corrected chi connectivity index (χ4v) is 0.979. The summed E-state index contributed by atoms with van der Waals surface area (Å²) >= 11 is 0. The van der Waals surface area contributed by atoms with Crippen molar-refractivity contribution in [3.05, 3.63) is 29.6 Å². The molecule has 5 heteroatoms. The van der Waals surface area contributed by atoms with Crippen LogP contribution in [0.15, 0.2) is 18.2 Å². The number of hydrogen-bond acceptors (Lipinski definition) is 4. The van der Waals surface area contributed by atoms with Crippen LogP contribution in [0.2, 0.25) is 0 Å².